The van der Waals surface area contributed by atoms with Crippen molar-refractivity contribution in [3.63, 3.8) is 0 Å². The second-order valence-electron chi connectivity index (χ2n) is 7.11. The van der Waals surface area contributed by atoms with Gasteiger partial charge in [-0.25, -0.2) is 4.68 Å². The monoisotopic (exact) mass is 399 g/mol. The molecule has 3 heterocycles. The molecular formula is C20H25N5O2S. The van der Waals surface area contributed by atoms with Crippen molar-refractivity contribution in [2.45, 2.75) is 26.4 Å². The van der Waals surface area contributed by atoms with E-state index in [1.165, 1.54) is 0 Å². The summed E-state index contributed by atoms with van der Waals surface area (Å²) in [7, 11) is 3.91. The molecule has 0 aliphatic rings. The van der Waals surface area contributed by atoms with Gasteiger partial charge in [0.05, 0.1) is 12.7 Å². The molecule has 148 valence electrons. The van der Waals surface area contributed by atoms with Gasteiger partial charge in [-0.15, -0.1) is 11.3 Å². The first-order chi connectivity index (χ1) is 13.4. The number of hydrogen-bond donors (Lipinski definition) is 1. The Hall–Kier alpha value is -2.71. The summed E-state index contributed by atoms with van der Waals surface area (Å²) in [6, 6.07) is 7.50. The van der Waals surface area contributed by atoms with Gasteiger partial charge in [0.2, 0.25) is 0 Å². The zero-order valence-electron chi connectivity index (χ0n) is 16.5. The van der Waals surface area contributed by atoms with Gasteiger partial charge in [-0.05, 0) is 51.0 Å². The van der Waals surface area contributed by atoms with E-state index in [1.807, 2.05) is 49.5 Å². The van der Waals surface area contributed by atoms with E-state index in [1.54, 1.807) is 46.0 Å². The first-order valence-electron chi connectivity index (χ1n) is 9.09. The van der Waals surface area contributed by atoms with Crippen LogP contribution in [0.2, 0.25) is 0 Å². The van der Waals surface area contributed by atoms with E-state index < -0.39 is 5.91 Å². The molecule has 7 nitrogen and oxygen atoms in total. The lowest BCUT2D eigenvalue weighted by atomic mass is 10.1. The second-order valence-corrected chi connectivity index (χ2v) is 8.14. The lowest BCUT2D eigenvalue weighted by Crippen LogP contribution is -2.35. The van der Waals surface area contributed by atoms with Crippen molar-refractivity contribution in [2.24, 2.45) is 0 Å². The van der Waals surface area contributed by atoms with Crippen molar-refractivity contribution in [3.05, 3.63) is 68.4 Å². The minimum Gasteiger partial charge on any atom is -0.311 e. The van der Waals surface area contributed by atoms with Gasteiger partial charge in [0.25, 0.3) is 11.5 Å². The minimum atomic E-state index is -0.415. The summed E-state index contributed by atoms with van der Waals surface area (Å²) in [6.45, 7) is 5.02. The summed E-state index contributed by atoms with van der Waals surface area (Å²) in [4.78, 5) is 29.1. The number of anilines is 1. The molecule has 0 aliphatic heterocycles. The maximum atomic E-state index is 13.0. The zero-order chi connectivity index (χ0) is 20.3. The summed E-state index contributed by atoms with van der Waals surface area (Å²) in [6.07, 6.45) is 3.39. The Kier molecular flexibility index (Phi) is 6.11. The van der Waals surface area contributed by atoms with E-state index in [9.17, 15) is 9.59 Å². The van der Waals surface area contributed by atoms with Crippen LogP contribution in [0.15, 0.2) is 46.8 Å². The van der Waals surface area contributed by atoms with Crippen LogP contribution in [0.5, 0.6) is 0 Å². The highest BCUT2D eigenvalue weighted by molar-refractivity contribution is 7.09. The number of nitrogens with one attached hydrogen (secondary N) is 1. The highest BCUT2D eigenvalue weighted by Gasteiger charge is 2.19. The maximum absolute atomic E-state index is 13.0. The third kappa shape index (κ3) is 4.40. The number of aromatic nitrogens is 3. The van der Waals surface area contributed by atoms with Crippen molar-refractivity contribution in [1.29, 1.82) is 0 Å². The molecule has 0 aliphatic carbocycles. The van der Waals surface area contributed by atoms with E-state index >= 15 is 0 Å². The average molecular weight is 400 g/mol. The van der Waals surface area contributed by atoms with Crippen LogP contribution in [0.3, 0.4) is 0 Å². The third-order valence-corrected chi connectivity index (χ3v) is 5.36. The number of pyridine rings is 1. The molecule has 1 N–H and O–H groups in total. The fraction of sp³-hybridized carbons (Fsp3) is 0.350. The SMILES string of the molecule is Cc1ccn(C(C)CN(C)C)c(=O)c1C(=O)Nc1ccnn1Cc1cccs1. The van der Waals surface area contributed by atoms with Crippen molar-refractivity contribution in [3.8, 4) is 0 Å². The van der Waals surface area contributed by atoms with Crippen LogP contribution in [0.25, 0.3) is 0 Å². The van der Waals surface area contributed by atoms with Crippen LogP contribution in [-0.4, -0.2) is 45.8 Å². The van der Waals surface area contributed by atoms with Crippen LogP contribution < -0.4 is 10.9 Å². The first-order valence-corrected chi connectivity index (χ1v) is 9.96. The number of aryl methyl sites for hydroxylation is 1. The molecule has 28 heavy (non-hydrogen) atoms. The number of thiophene rings is 1. The fourth-order valence-corrected chi connectivity index (χ4v) is 3.86. The first kappa shape index (κ1) is 20.0. The number of carbonyl (C=O) groups excluding carboxylic acids is 1. The molecule has 1 unspecified atom stereocenters. The fourth-order valence-electron chi connectivity index (χ4n) is 3.17. The quantitative estimate of drug-likeness (QED) is 0.663. The van der Waals surface area contributed by atoms with Crippen LogP contribution in [0.1, 0.15) is 33.8 Å². The molecule has 0 spiro atoms. The minimum absolute atomic E-state index is 0.0426. The largest absolute Gasteiger partial charge is 0.311 e. The van der Waals surface area contributed by atoms with Gasteiger partial charge in [-0.3, -0.25) is 9.59 Å². The molecule has 0 saturated heterocycles. The Balaban J connectivity index is 1.85. The topological polar surface area (TPSA) is 72.2 Å². The molecule has 1 atom stereocenters. The highest BCUT2D eigenvalue weighted by atomic mass is 32.1. The van der Waals surface area contributed by atoms with Crippen LogP contribution >= 0.6 is 11.3 Å². The molecule has 0 saturated carbocycles. The van der Waals surface area contributed by atoms with E-state index in [-0.39, 0.29) is 17.2 Å². The summed E-state index contributed by atoms with van der Waals surface area (Å²) < 4.78 is 3.33. The molecule has 3 rings (SSSR count). The Morgan fingerprint density at radius 2 is 2.11 bits per heavy atom. The molecule has 0 radical (unpaired) electrons. The Bertz CT molecular complexity index is 1000. The summed E-state index contributed by atoms with van der Waals surface area (Å²) in [5.41, 5.74) is 0.535. The predicted octanol–water partition coefficient (Wildman–Crippen LogP) is 2.84. The van der Waals surface area contributed by atoms with Gasteiger partial charge in [0.1, 0.15) is 11.4 Å². The van der Waals surface area contributed by atoms with Crippen molar-refractivity contribution >= 4 is 23.1 Å². The highest BCUT2D eigenvalue weighted by Crippen LogP contribution is 2.16. The smallest absolute Gasteiger partial charge is 0.263 e. The molecule has 0 bridgehead atoms. The van der Waals surface area contributed by atoms with Gasteiger partial charge in [-0.1, -0.05) is 6.07 Å². The normalized spacial score (nSPS) is 12.3. The van der Waals surface area contributed by atoms with E-state index in [0.717, 1.165) is 4.88 Å². The predicted molar refractivity (Wildman–Crippen MR) is 112 cm³/mol. The van der Waals surface area contributed by atoms with Gasteiger partial charge >= 0.3 is 0 Å². The van der Waals surface area contributed by atoms with Crippen molar-refractivity contribution in [1.82, 2.24) is 19.2 Å². The number of carbonyl (C=O) groups is 1. The average Bonchev–Trinajstić information content (AvgIpc) is 3.27. The van der Waals surface area contributed by atoms with Crippen molar-refractivity contribution < 1.29 is 4.79 Å². The third-order valence-electron chi connectivity index (χ3n) is 4.50. The van der Waals surface area contributed by atoms with E-state index in [4.69, 9.17) is 0 Å². The van der Waals surface area contributed by atoms with E-state index in [0.29, 0.717) is 24.5 Å². The van der Waals surface area contributed by atoms with Crippen LogP contribution in [-0.2, 0) is 6.54 Å². The molecule has 0 aromatic carbocycles. The molecular weight excluding hydrogens is 374 g/mol. The number of hydrogen-bond acceptors (Lipinski definition) is 5. The number of amides is 1. The van der Waals surface area contributed by atoms with Crippen LogP contribution in [0.4, 0.5) is 5.82 Å². The number of likely N-dealkylation sites (N-methyl/N-ethyl adjacent to an activating group) is 1. The molecule has 0 fully saturated rings. The Morgan fingerprint density at radius 1 is 1.32 bits per heavy atom. The zero-order valence-corrected chi connectivity index (χ0v) is 17.4. The van der Waals surface area contributed by atoms with Gasteiger partial charge in [0, 0.05) is 29.7 Å². The molecule has 8 heteroatoms. The van der Waals surface area contributed by atoms with Gasteiger partial charge < -0.3 is 14.8 Å². The molecule has 3 aromatic rings. The number of nitrogens with zero attached hydrogens (tertiary/aromatic N) is 4. The van der Waals surface area contributed by atoms with E-state index in [2.05, 4.69) is 10.4 Å². The molecule has 1 amide bonds. The maximum Gasteiger partial charge on any atom is 0.263 e. The number of rotatable bonds is 7. The second kappa shape index (κ2) is 8.53. The van der Waals surface area contributed by atoms with Crippen LogP contribution in [0, 0.1) is 6.92 Å². The lowest BCUT2D eigenvalue weighted by molar-refractivity contribution is 0.102. The summed E-state index contributed by atoms with van der Waals surface area (Å²) in [5, 5.41) is 9.13. The summed E-state index contributed by atoms with van der Waals surface area (Å²) >= 11 is 1.63. The van der Waals surface area contributed by atoms with Gasteiger partial charge in [-0.2, -0.15) is 5.10 Å². The lowest BCUT2D eigenvalue weighted by Gasteiger charge is -2.20. The Labute approximate surface area is 168 Å². The molecule has 3 aromatic heterocycles. The standard InChI is InChI=1S/C20H25N5O2S/c1-14-8-10-24(15(2)12-23(3)4)20(27)18(14)19(26)22-17-7-9-21-25(17)13-16-6-5-11-28-16/h5-11,15H,12-13H2,1-4H3,(H,22,26). The van der Waals surface area contributed by atoms with Gasteiger partial charge in [0.15, 0.2) is 0 Å². The summed E-state index contributed by atoms with van der Waals surface area (Å²) in [5.74, 6) is 0.149. The Morgan fingerprint density at radius 3 is 2.79 bits per heavy atom. The van der Waals surface area contributed by atoms with Crippen molar-refractivity contribution in [2.75, 3.05) is 26.0 Å².